The number of hydrogen-bond acceptors (Lipinski definition) is 7. The van der Waals surface area contributed by atoms with Crippen LogP contribution in [0.4, 0.5) is 4.79 Å². The summed E-state index contributed by atoms with van der Waals surface area (Å²) in [6.45, 7) is 14.2. The van der Waals surface area contributed by atoms with Crippen LogP contribution in [0.25, 0.3) is 0 Å². The van der Waals surface area contributed by atoms with Crippen LogP contribution in [0.1, 0.15) is 67.1 Å². The number of aromatic nitrogens is 2. The van der Waals surface area contributed by atoms with Crippen LogP contribution in [-0.4, -0.2) is 63.1 Å². The monoisotopic (exact) mass is 405 g/mol. The zero-order valence-electron chi connectivity index (χ0n) is 18.5. The van der Waals surface area contributed by atoms with Crippen LogP contribution in [0, 0.1) is 0 Å². The molecule has 0 saturated carbocycles. The Bertz CT molecular complexity index is 736. The van der Waals surface area contributed by atoms with Crippen molar-refractivity contribution in [3.05, 3.63) is 18.2 Å². The zero-order chi connectivity index (χ0) is 21.7. The molecule has 0 aliphatic carbocycles. The second-order valence-electron chi connectivity index (χ2n) is 9.93. The van der Waals surface area contributed by atoms with Gasteiger partial charge in [0.25, 0.3) is 0 Å². The van der Waals surface area contributed by atoms with Crippen LogP contribution < -0.4 is 5.46 Å². The number of carbonyl (C=O) groups is 1. The van der Waals surface area contributed by atoms with Crippen LogP contribution in [0.3, 0.4) is 0 Å². The molecular weight excluding hydrogens is 373 g/mol. The van der Waals surface area contributed by atoms with Crippen molar-refractivity contribution in [1.29, 1.82) is 0 Å². The van der Waals surface area contributed by atoms with Crippen LogP contribution >= 0.6 is 0 Å². The first-order chi connectivity index (χ1) is 13.2. The molecule has 2 fully saturated rings. The molecule has 1 N–H and O–H groups in total. The van der Waals surface area contributed by atoms with Gasteiger partial charge in [0, 0.05) is 43.8 Å². The molecule has 1 aromatic rings. The summed E-state index contributed by atoms with van der Waals surface area (Å²) in [7, 11) is -0.544. The number of aliphatic hydroxyl groups is 1. The van der Waals surface area contributed by atoms with Gasteiger partial charge in [-0.3, -0.25) is 0 Å². The number of rotatable bonds is 2. The summed E-state index contributed by atoms with van der Waals surface area (Å²) in [5.74, 6) is 0.349. The van der Waals surface area contributed by atoms with E-state index < -0.39 is 29.5 Å². The number of likely N-dealkylation sites (tertiary alicyclic amines) is 1. The Balaban J connectivity index is 1.64. The third-order valence-electron chi connectivity index (χ3n) is 5.86. The summed E-state index contributed by atoms with van der Waals surface area (Å²) in [4.78, 5) is 22.6. The van der Waals surface area contributed by atoms with Gasteiger partial charge in [0.2, 0.25) is 0 Å². The highest BCUT2D eigenvalue weighted by molar-refractivity contribution is 6.61. The first-order valence-electron chi connectivity index (χ1n) is 10.1. The van der Waals surface area contributed by atoms with E-state index in [1.54, 1.807) is 17.3 Å². The molecule has 0 spiro atoms. The molecule has 0 unspecified atom stereocenters. The fraction of sp³-hybridized carbons (Fsp3) is 0.750. The molecule has 0 aromatic carbocycles. The summed E-state index contributed by atoms with van der Waals surface area (Å²) in [6.07, 6.45) is 3.62. The number of carbonyl (C=O) groups excluding carboxylic acids is 1. The van der Waals surface area contributed by atoms with Gasteiger partial charge in [-0.15, -0.1) is 0 Å². The Morgan fingerprint density at radius 3 is 2.03 bits per heavy atom. The van der Waals surface area contributed by atoms with Crippen molar-refractivity contribution in [2.45, 2.75) is 83.7 Å². The predicted octanol–water partition coefficient (Wildman–Crippen LogP) is 1.99. The predicted molar refractivity (Wildman–Crippen MR) is 109 cm³/mol. The molecule has 0 bridgehead atoms. The van der Waals surface area contributed by atoms with Crippen molar-refractivity contribution < 1.29 is 23.9 Å². The van der Waals surface area contributed by atoms with E-state index in [0.29, 0.717) is 37.2 Å². The average Bonchev–Trinajstić information content (AvgIpc) is 2.82. The summed E-state index contributed by atoms with van der Waals surface area (Å²) < 4.78 is 17.4. The summed E-state index contributed by atoms with van der Waals surface area (Å²) in [5.41, 5.74) is -1.89. The van der Waals surface area contributed by atoms with Gasteiger partial charge in [0.05, 0.1) is 11.2 Å². The Morgan fingerprint density at radius 2 is 1.59 bits per heavy atom. The van der Waals surface area contributed by atoms with E-state index >= 15 is 0 Å². The highest BCUT2D eigenvalue weighted by Crippen LogP contribution is 2.36. The summed E-state index contributed by atoms with van der Waals surface area (Å²) >= 11 is 0. The van der Waals surface area contributed by atoms with Crippen molar-refractivity contribution in [3.8, 4) is 0 Å². The van der Waals surface area contributed by atoms with E-state index in [9.17, 15) is 9.90 Å². The van der Waals surface area contributed by atoms with E-state index in [1.165, 1.54) is 0 Å². The minimum Gasteiger partial charge on any atom is -0.444 e. The second-order valence-corrected chi connectivity index (χ2v) is 9.93. The smallest absolute Gasteiger partial charge is 0.444 e. The van der Waals surface area contributed by atoms with Gasteiger partial charge in [-0.05, 0) is 48.5 Å². The largest absolute Gasteiger partial charge is 0.498 e. The van der Waals surface area contributed by atoms with E-state index in [2.05, 4.69) is 9.97 Å². The quantitative estimate of drug-likeness (QED) is 0.752. The van der Waals surface area contributed by atoms with E-state index in [-0.39, 0.29) is 6.09 Å². The first-order valence-corrected chi connectivity index (χ1v) is 10.1. The van der Waals surface area contributed by atoms with Gasteiger partial charge in [0.1, 0.15) is 11.2 Å². The van der Waals surface area contributed by atoms with Gasteiger partial charge >= 0.3 is 13.2 Å². The molecule has 1 aromatic heterocycles. The van der Waals surface area contributed by atoms with Crippen molar-refractivity contribution in [2.75, 3.05) is 13.1 Å². The lowest BCUT2D eigenvalue weighted by Crippen LogP contribution is -2.47. The molecule has 3 heterocycles. The van der Waals surface area contributed by atoms with Crippen LogP contribution in [0.15, 0.2) is 12.4 Å². The second kappa shape index (κ2) is 7.21. The molecule has 2 aliphatic rings. The van der Waals surface area contributed by atoms with Crippen molar-refractivity contribution in [3.63, 3.8) is 0 Å². The standard InChI is InChI=1S/C20H32BN3O5/c1-17(2,3)27-16(25)24-10-8-20(26,9-11-24)15-22-12-14(13-23-15)21-28-18(4,5)19(6,7)29-21/h12-13,26H,8-11H2,1-7H3. The normalized spacial score (nSPS) is 23.2. The highest BCUT2D eigenvalue weighted by atomic mass is 16.7. The number of nitrogens with zero attached hydrogens (tertiary/aromatic N) is 3. The summed E-state index contributed by atoms with van der Waals surface area (Å²) in [6, 6.07) is 0. The average molecular weight is 405 g/mol. The molecule has 3 rings (SSSR count). The van der Waals surface area contributed by atoms with Gasteiger partial charge in [0.15, 0.2) is 5.82 Å². The molecule has 160 valence electrons. The minimum absolute atomic E-state index is 0.349. The van der Waals surface area contributed by atoms with Crippen molar-refractivity contribution in [1.82, 2.24) is 14.9 Å². The topological polar surface area (TPSA) is 94.0 Å². The molecule has 2 aliphatic heterocycles. The van der Waals surface area contributed by atoms with Gasteiger partial charge in [-0.25, -0.2) is 14.8 Å². The molecule has 0 radical (unpaired) electrons. The maximum absolute atomic E-state index is 12.2. The van der Waals surface area contributed by atoms with Crippen molar-refractivity contribution >= 4 is 18.7 Å². The number of ether oxygens (including phenoxy) is 1. The summed E-state index contributed by atoms with van der Waals surface area (Å²) in [5, 5.41) is 11.0. The first kappa shape index (κ1) is 22.0. The molecule has 1 amide bonds. The van der Waals surface area contributed by atoms with E-state index in [1.807, 2.05) is 48.5 Å². The fourth-order valence-corrected chi connectivity index (χ4v) is 3.29. The number of hydrogen-bond donors (Lipinski definition) is 1. The Kier molecular flexibility index (Phi) is 5.47. The molecule has 9 heteroatoms. The fourth-order valence-electron chi connectivity index (χ4n) is 3.29. The Morgan fingerprint density at radius 1 is 1.10 bits per heavy atom. The molecule has 29 heavy (non-hydrogen) atoms. The third kappa shape index (κ3) is 4.57. The van der Waals surface area contributed by atoms with E-state index in [0.717, 1.165) is 0 Å². The maximum atomic E-state index is 12.2. The lowest BCUT2D eigenvalue weighted by molar-refractivity contribution is -0.0409. The van der Waals surface area contributed by atoms with Crippen LogP contribution in [-0.2, 0) is 19.6 Å². The van der Waals surface area contributed by atoms with Crippen LogP contribution in [0.5, 0.6) is 0 Å². The maximum Gasteiger partial charge on any atom is 0.498 e. The van der Waals surface area contributed by atoms with Gasteiger partial charge in [-0.2, -0.15) is 0 Å². The third-order valence-corrected chi connectivity index (χ3v) is 5.86. The molecule has 2 saturated heterocycles. The minimum atomic E-state index is -1.17. The SMILES string of the molecule is CC(C)(C)OC(=O)N1CCC(O)(c2ncc(B3OC(C)(C)C(C)(C)O3)cn2)CC1. The number of amides is 1. The zero-order valence-corrected chi connectivity index (χ0v) is 18.5. The van der Waals surface area contributed by atoms with Gasteiger partial charge in [-0.1, -0.05) is 0 Å². The molecule has 0 atom stereocenters. The Hall–Kier alpha value is -1.71. The highest BCUT2D eigenvalue weighted by Gasteiger charge is 2.52. The van der Waals surface area contributed by atoms with Gasteiger partial charge < -0.3 is 24.1 Å². The van der Waals surface area contributed by atoms with E-state index in [4.69, 9.17) is 14.0 Å². The lowest BCUT2D eigenvalue weighted by Gasteiger charge is -2.37. The number of piperidine rings is 1. The molecular formula is C20H32BN3O5. The Labute approximate surface area is 173 Å². The van der Waals surface area contributed by atoms with Crippen molar-refractivity contribution in [2.24, 2.45) is 0 Å². The lowest BCUT2D eigenvalue weighted by atomic mass is 9.81. The molecule has 8 nitrogen and oxygen atoms in total. The van der Waals surface area contributed by atoms with Crippen LogP contribution in [0.2, 0.25) is 0 Å².